The molecule has 1 rings (SSSR count). The van der Waals surface area contributed by atoms with Gasteiger partial charge >= 0.3 is 5.97 Å². The highest BCUT2D eigenvalue weighted by Crippen LogP contribution is 2.12. The Kier molecular flexibility index (Phi) is 6.43. The maximum Gasteiger partial charge on any atom is 0.303 e. The molecular weight excluding hydrogens is 246 g/mol. The minimum Gasteiger partial charge on any atom is -0.497 e. The summed E-state index contributed by atoms with van der Waals surface area (Å²) in [5, 5.41) is 11.2. The highest BCUT2D eigenvalue weighted by atomic mass is 16.5. The van der Waals surface area contributed by atoms with Crippen molar-refractivity contribution in [2.45, 2.75) is 25.7 Å². The van der Waals surface area contributed by atoms with Crippen LogP contribution in [0.4, 0.5) is 0 Å². The van der Waals surface area contributed by atoms with E-state index < -0.39 is 5.97 Å². The zero-order chi connectivity index (χ0) is 14.1. The lowest BCUT2D eigenvalue weighted by atomic mass is 10.1. The Morgan fingerprint density at radius 3 is 2.47 bits per heavy atom. The summed E-state index contributed by atoms with van der Waals surface area (Å²) in [5.41, 5.74) is 1.07. The number of carboxylic acid groups (broad SMARTS) is 1. The molecule has 19 heavy (non-hydrogen) atoms. The van der Waals surface area contributed by atoms with Gasteiger partial charge in [0, 0.05) is 19.4 Å². The molecule has 5 heteroatoms. The van der Waals surface area contributed by atoms with Gasteiger partial charge in [-0.2, -0.15) is 0 Å². The second-order valence-electron chi connectivity index (χ2n) is 4.20. The molecule has 0 saturated heterocycles. The molecule has 5 nitrogen and oxygen atoms in total. The van der Waals surface area contributed by atoms with Gasteiger partial charge in [0.05, 0.1) is 7.11 Å². The van der Waals surface area contributed by atoms with Gasteiger partial charge in [0.15, 0.2) is 0 Å². The minimum absolute atomic E-state index is 0.0544. The predicted octanol–water partition coefficient (Wildman–Crippen LogP) is 1.61. The molecule has 2 N–H and O–H groups in total. The Labute approximate surface area is 112 Å². The monoisotopic (exact) mass is 265 g/mol. The van der Waals surface area contributed by atoms with Crippen molar-refractivity contribution < 1.29 is 19.4 Å². The van der Waals surface area contributed by atoms with E-state index in [2.05, 4.69) is 5.32 Å². The zero-order valence-electron chi connectivity index (χ0n) is 11.0. The fourth-order valence-corrected chi connectivity index (χ4v) is 1.61. The Balaban J connectivity index is 2.20. The van der Waals surface area contributed by atoms with Crippen molar-refractivity contribution in [3.8, 4) is 5.75 Å². The zero-order valence-corrected chi connectivity index (χ0v) is 11.0. The molecule has 0 bridgehead atoms. The second-order valence-corrected chi connectivity index (χ2v) is 4.20. The Hall–Kier alpha value is -2.04. The number of benzene rings is 1. The number of methoxy groups -OCH3 is 1. The smallest absolute Gasteiger partial charge is 0.303 e. The van der Waals surface area contributed by atoms with E-state index in [1.165, 1.54) is 0 Å². The Morgan fingerprint density at radius 1 is 1.21 bits per heavy atom. The third-order valence-electron chi connectivity index (χ3n) is 2.69. The molecule has 0 radical (unpaired) electrons. The van der Waals surface area contributed by atoms with E-state index in [0.29, 0.717) is 25.8 Å². The van der Waals surface area contributed by atoms with Gasteiger partial charge in [-0.15, -0.1) is 0 Å². The number of ether oxygens (including phenoxy) is 1. The fourth-order valence-electron chi connectivity index (χ4n) is 1.61. The minimum atomic E-state index is -0.840. The number of hydrogen-bond donors (Lipinski definition) is 2. The molecule has 0 aliphatic heterocycles. The molecule has 0 spiro atoms. The number of carbonyl (C=O) groups excluding carboxylic acids is 1. The van der Waals surface area contributed by atoms with E-state index in [-0.39, 0.29) is 12.3 Å². The molecule has 0 fully saturated rings. The second kappa shape index (κ2) is 8.13. The molecule has 104 valence electrons. The molecule has 0 atom stereocenters. The van der Waals surface area contributed by atoms with Crippen LogP contribution in [0.2, 0.25) is 0 Å². The highest BCUT2D eigenvalue weighted by Gasteiger charge is 2.03. The summed E-state index contributed by atoms with van der Waals surface area (Å²) in [4.78, 5) is 21.8. The predicted molar refractivity (Wildman–Crippen MR) is 71.2 cm³/mol. The summed E-state index contributed by atoms with van der Waals surface area (Å²) in [6.45, 7) is 0.410. The first-order valence-corrected chi connectivity index (χ1v) is 6.23. The third-order valence-corrected chi connectivity index (χ3v) is 2.69. The van der Waals surface area contributed by atoms with Crippen LogP contribution in [0, 0.1) is 0 Å². The summed E-state index contributed by atoms with van der Waals surface area (Å²) in [6.07, 6.45) is 1.61. The largest absolute Gasteiger partial charge is 0.497 e. The number of aliphatic carboxylic acids is 1. The lowest BCUT2D eigenvalue weighted by Crippen LogP contribution is -2.25. The van der Waals surface area contributed by atoms with Crippen LogP contribution in [0.1, 0.15) is 24.8 Å². The van der Waals surface area contributed by atoms with Crippen LogP contribution in [0.15, 0.2) is 24.3 Å². The first kappa shape index (κ1) is 15.0. The number of nitrogens with one attached hydrogen (secondary N) is 1. The van der Waals surface area contributed by atoms with Crippen molar-refractivity contribution in [1.82, 2.24) is 5.32 Å². The fraction of sp³-hybridized carbons (Fsp3) is 0.429. The number of rotatable bonds is 8. The highest BCUT2D eigenvalue weighted by molar-refractivity contribution is 5.76. The maximum atomic E-state index is 11.5. The SMILES string of the molecule is COc1ccc(CCC(=O)NCCCC(=O)O)cc1. The van der Waals surface area contributed by atoms with Crippen LogP contribution < -0.4 is 10.1 Å². The van der Waals surface area contributed by atoms with Crippen LogP contribution >= 0.6 is 0 Å². The number of hydrogen-bond acceptors (Lipinski definition) is 3. The van der Waals surface area contributed by atoms with Crippen LogP contribution in [0.25, 0.3) is 0 Å². The summed E-state index contributed by atoms with van der Waals surface area (Å²) in [5.74, 6) is -0.101. The van der Waals surface area contributed by atoms with E-state index in [1.807, 2.05) is 24.3 Å². The Bertz CT molecular complexity index is 414. The molecule has 1 aromatic carbocycles. The number of carboxylic acids is 1. The van der Waals surface area contributed by atoms with Crippen molar-refractivity contribution >= 4 is 11.9 Å². The first-order chi connectivity index (χ1) is 9.11. The molecule has 0 aromatic heterocycles. The van der Waals surface area contributed by atoms with Gasteiger partial charge in [0.25, 0.3) is 0 Å². The molecule has 1 aromatic rings. The summed E-state index contributed by atoms with van der Waals surface area (Å²) >= 11 is 0. The average Bonchev–Trinajstić information content (AvgIpc) is 2.41. The molecule has 1 amide bonds. The number of aryl methyl sites for hydroxylation is 1. The maximum absolute atomic E-state index is 11.5. The third kappa shape index (κ3) is 6.45. The van der Waals surface area contributed by atoms with E-state index >= 15 is 0 Å². The van der Waals surface area contributed by atoms with Gasteiger partial charge in [-0.3, -0.25) is 9.59 Å². The van der Waals surface area contributed by atoms with Crippen molar-refractivity contribution in [2.75, 3.05) is 13.7 Å². The van der Waals surface area contributed by atoms with Crippen LogP contribution in [-0.4, -0.2) is 30.6 Å². The quantitative estimate of drug-likeness (QED) is 0.700. The van der Waals surface area contributed by atoms with Crippen LogP contribution in [0.5, 0.6) is 5.75 Å². The van der Waals surface area contributed by atoms with Crippen molar-refractivity contribution in [3.63, 3.8) is 0 Å². The first-order valence-electron chi connectivity index (χ1n) is 6.23. The molecular formula is C14H19NO4. The van der Waals surface area contributed by atoms with Crippen molar-refractivity contribution in [2.24, 2.45) is 0 Å². The molecule has 0 saturated carbocycles. The van der Waals surface area contributed by atoms with E-state index in [0.717, 1.165) is 11.3 Å². The summed E-state index contributed by atoms with van der Waals surface area (Å²) in [6, 6.07) is 7.58. The molecule has 0 aliphatic carbocycles. The van der Waals surface area contributed by atoms with Crippen molar-refractivity contribution in [3.05, 3.63) is 29.8 Å². The standard InChI is InChI=1S/C14H19NO4/c1-19-12-7-4-11(5-8-12)6-9-13(16)15-10-2-3-14(17)18/h4-5,7-8H,2-3,6,9-10H2,1H3,(H,15,16)(H,17,18). The number of amides is 1. The van der Waals surface area contributed by atoms with Gasteiger partial charge < -0.3 is 15.2 Å². The molecule has 0 aliphatic rings. The van der Waals surface area contributed by atoms with Crippen LogP contribution in [-0.2, 0) is 16.0 Å². The van der Waals surface area contributed by atoms with Gasteiger partial charge in [0.2, 0.25) is 5.91 Å². The topological polar surface area (TPSA) is 75.6 Å². The average molecular weight is 265 g/mol. The van der Waals surface area contributed by atoms with Crippen LogP contribution in [0.3, 0.4) is 0 Å². The normalized spacial score (nSPS) is 9.95. The van der Waals surface area contributed by atoms with Gasteiger partial charge in [-0.05, 0) is 30.5 Å². The Morgan fingerprint density at radius 2 is 1.89 bits per heavy atom. The van der Waals surface area contributed by atoms with Gasteiger partial charge in [-0.25, -0.2) is 0 Å². The summed E-state index contributed by atoms with van der Waals surface area (Å²) < 4.78 is 5.05. The van der Waals surface area contributed by atoms with E-state index in [4.69, 9.17) is 9.84 Å². The lowest BCUT2D eigenvalue weighted by Gasteiger charge is -2.05. The lowest BCUT2D eigenvalue weighted by molar-refractivity contribution is -0.137. The molecule has 0 unspecified atom stereocenters. The van der Waals surface area contributed by atoms with Gasteiger partial charge in [-0.1, -0.05) is 12.1 Å². The van der Waals surface area contributed by atoms with Crippen molar-refractivity contribution in [1.29, 1.82) is 0 Å². The number of carbonyl (C=O) groups is 2. The van der Waals surface area contributed by atoms with E-state index in [1.54, 1.807) is 7.11 Å². The van der Waals surface area contributed by atoms with E-state index in [9.17, 15) is 9.59 Å². The van der Waals surface area contributed by atoms with Gasteiger partial charge in [0.1, 0.15) is 5.75 Å². The summed E-state index contributed by atoms with van der Waals surface area (Å²) in [7, 11) is 1.61. The molecule has 0 heterocycles.